The van der Waals surface area contributed by atoms with Gasteiger partial charge in [-0.15, -0.1) is 0 Å². The summed E-state index contributed by atoms with van der Waals surface area (Å²) in [5.41, 5.74) is 0.349. The zero-order valence-corrected chi connectivity index (χ0v) is 9.15. The number of ether oxygens (including phenoxy) is 1. The number of halogens is 2. The first-order chi connectivity index (χ1) is 8.05. The number of carbonyl (C=O) groups excluding carboxylic acids is 1. The van der Waals surface area contributed by atoms with Crippen LogP contribution < -0.4 is 10.6 Å². The van der Waals surface area contributed by atoms with Gasteiger partial charge in [-0.3, -0.25) is 0 Å². The van der Waals surface area contributed by atoms with E-state index in [9.17, 15) is 13.6 Å². The molecule has 17 heavy (non-hydrogen) atoms. The minimum atomic E-state index is -3.67. The molecule has 90 valence electrons. The molecule has 0 spiro atoms. The summed E-state index contributed by atoms with van der Waals surface area (Å²) in [7, 11) is 0. The number of esters is 1. The number of fused-ring (bicyclic) bond motifs is 1. The quantitative estimate of drug-likeness (QED) is 0.576. The Morgan fingerprint density at radius 2 is 2.18 bits per heavy atom. The van der Waals surface area contributed by atoms with E-state index < -0.39 is 18.0 Å². The monoisotopic (exact) mass is 241 g/mol. The highest BCUT2D eigenvalue weighted by Gasteiger charge is 2.56. The largest absolute Gasteiger partial charge is 0.461 e. The zero-order chi connectivity index (χ0) is 12.5. The molecule has 3 nitrogen and oxygen atoms in total. The van der Waals surface area contributed by atoms with Crippen molar-refractivity contribution in [2.45, 2.75) is 19.0 Å². The normalized spacial score (nSPS) is 17.9. The van der Waals surface area contributed by atoms with Crippen molar-refractivity contribution in [2.75, 3.05) is 6.61 Å². The summed E-state index contributed by atoms with van der Waals surface area (Å²) in [5.74, 6) is -5.23. The molecule has 0 N–H and O–H groups in total. The molecule has 1 aliphatic heterocycles. The second kappa shape index (κ2) is 4.24. The number of hydrogen-bond acceptors (Lipinski definition) is 2. The molecule has 1 aromatic carbocycles. The Hall–Kier alpha value is -1.78. The predicted octanol–water partition coefficient (Wildman–Crippen LogP) is 0.662. The standard InChI is InChI=1S/C12H11F2O3/c1-2-16-11(15)12(13,14)10-7-8-5-3-4-6-9(8)17-10/h3-7,10H,2H2,1H3/q+1. The average Bonchev–Trinajstić information content (AvgIpc) is 2.73. The van der Waals surface area contributed by atoms with Crippen molar-refractivity contribution in [3.8, 4) is 0 Å². The minimum absolute atomic E-state index is 0.0892. The summed E-state index contributed by atoms with van der Waals surface area (Å²) >= 11 is 0. The molecule has 0 saturated heterocycles. The molecule has 0 radical (unpaired) electrons. The summed E-state index contributed by atoms with van der Waals surface area (Å²) in [4.78, 5) is 11.1. The Kier molecular flexibility index (Phi) is 2.92. The van der Waals surface area contributed by atoms with Gasteiger partial charge in [0.2, 0.25) is 0 Å². The van der Waals surface area contributed by atoms with Crippen molar-refractivity contribution in [3.63, 3.8) is 0 Å². The number of hydrogen-bond donors (Lipinski definition) is 0. The number of benzene rings is 1. The highest BCUT2D eigenvalue weighted by molar-refractivity contribution is 5.81. The number of para-hydroxylation sites is 1. The third-order valence-corrected chi connectivity index (χ3v) is 2.41. The second-order valence-electron chi connectivity index (χ2n) is 3.59. The SMILES string of the molecule is CCOC(=O)C(F)(F)C1C=c2ccccc2=[O+]1. The smallest absolute Gasteiger partial charge is 0.434 e. The van der Waals surface area contributed by atoms with Gasteiger partial charge in [0.15, 0.2) is 0 Å². The fraction of sp³-hybridized carbons (Fsp3) is 0.333. The minimum Gasteiger partial charge on any atom is -0.461 e. The van der Waals surface area contributed by atoms with Gasteiger partial charge in [0.25, 0.3) is 0 Å². The zero-order valence-electron chi connectivity index (χ0n) is 9.15. The fourth-order valence-electron chi connectivity index (χ4n) is 1.58. The summed E-state index contributed by atoms with van der Waals surface area (Å²) in [6.07, 6.45) is -0.370. The van der Waals surface area contributed by atoms with Gasteiger partial charge in [-0.2, -0.15) is 8.78 Å². The van der Waals surface area contributed by atoms with Crippen LogP contribution in [0.5, 0.6) is 0 Å². The first-order valence-electron chi connectivity index (χ1n) is 5.21. The van der Waals surface area contributed by atoms with Gasteiger partial charge in [-0.05, 0) is 13.0 Å². The van der Waals surface area contributed by atoms with Crippen LogP contribution in [0.15, 0.2) is 28.7 Å². The lowest BCUT2D eigenvalue weighted by Crippen LogP contribution is -2.40. The molecule has 1 aliphatic rings. The van der Waals surface area contributed by atoms with Crippen LogP contribution in [0.2, 0.25) is 0 Å². The Morgan fingerprint density at radius 3 is 2.82 bits per heavy atom. The van der Waals surface area contributed by atoms with Crippen molar-refractivity contribution in [2.24, 2.45) is 0 Å². The van der Waals surface area contributed by atoms with Crippen molar-refractivity contribution in [1.29, 1.82) is 0 Å². The fourth-order valence-corrected chi connectivity index (χ4v) is 1.58. The van der Waals surface area contributed by atoms with E-state index in [-0.39, 0.29) is 6.61 Å². The molecule has 0 saturated carbocycles. The van der Waals surface area contributed by atoms with Crippen LogP contribution in [0.1, 0.15) is 6.92 Å². The summed E-state index contributed by atoms with van der Waals surface area (Å²) in [6.45, 7) is 1.38. The Bertz CT molecular complexity index is 516. The van der Waals surface area contributed by atoms with Gasteiger partial charge >= 0.3 is 23.4 Å². The number of rotatable bonds is 3. The number of carbonyl (C=O) groups is 1. The van der Waals surface area contributed by atoms with E-state index in [0.29, 0.717) is 10.6 Å². The van der Waals surface area contributed by atoms with E-state index in [2.05, 4.69) is 4.74 Å². The maximum atomic E-state index is 13.6. The summed E-state index contributed by atoms with van der Waals surface area (Å²) < 4.78 is 36.6. The molecule has 0 bridgehead atoms. The van der Waals surface area contributed by atoms with Crippen LogP contribution in [0.4, 0.5) is 8.78 Å². The first-order valence-corrected chi connectivity index (χ1v) is 5.21. The Balaban J connectivity index is 2.33. The lowest BCUT2D eigenvalue weighted by molar-refractivity contribution is -0.171. The third kappa shape index (κ3) is 2.05. The van der Waals surface area contributed by atoms with Crippen molar-refractivity contribution in [1.82, 2.24) is 0 Å². The van der Waals surface area contributed by atoms with E-state index in [1.165, 1.54) is 13.0 Å². The van der Waals surface area contributed by atoms with Crippen LogP contribution in [0.3, 0.4) is 0 Å². The number of alkyl halides is 2. The third-order valence-electron chi connectivity index (χ3n) is 2.41. The van der Waals surface area contributed by atoms with Gasteiger partial charge in [-0.25, -0.2) is 9.22 Å². The topological polar surface area (TPSA) is 37.6 Å². The first kappa shape index (κ1) is 11.7. The molecule has 1 heterocycles. The molecule has 0 aromatic heterocycles. The summed E-state index contributed by atoms with van der Waals surface area (Å²) in [6, 6.07) is 6.62. The lowest BCUT2D eigenvalue weighted by atomic mass is 10.1. The van der Waals surface area contributed by atoms with E-state index in [1.807, 2.05) is 0 Å². The molecule has 1 unspecified atom stereocenters. The highest BCUT2D eigenvalue weighted by Crippen LogP contribution is 2.25. The van der Waals surface area contributed by atoms with Crippen LogP contribution in [-0.2, 0) is 9.53 Å². The van der Waals surface area contributed by atoms with E-state index >= 15 is 0 Å². The van der Waals surface area contributed by atoms with Crippen LogP contribution in [-0.4, -0.2) is 24.6 Å². The molecule has 0 fully saturated rings. The van der Waals surface area contributed by atoms with Crippen LogP contribution in [0.25, 0.3) is 6.08 Å². The maximum Gasteiger partial charge on any atom is 0.434 e. The highest BCUT2D eigenvalue weighted by atomic mass is 19.3. The molecular weight excluding hydrogens is 230 g/mol. The van der Waals surface area contributed by atoms with E-state index in [4.69, 9.17) is 4.42 Å². The van der Waals surface area contributed by atoms with Gasteiger partial charge in [0.1, 0.15) is 0 Å². The molecule has 5 heteroatoms. The predicted molar refractivity (Wildman–Crippen MR) is 57.8 cm³/mol. The van der Waals surface area contributed by atoms with Crippen molar-refractivity contribution in [3.05, 3.63) is 39.3 Å². The average molecular weight is 241 g/mol. The van der Waals surface area contributed by atoms with Gasteiger partial charge in [0, 0.05) is 12.1 Å². The maximum absolute atomic E-state index is 13.6. The molecule has 0 aliphatic carbocycles. The Labute approximate surface area is 96.0 Å². The molecule has 0 amide bonds. The van der Waals surface area contributed by atoms with Gasteiger partial charge < -0.3 is 4.74 Å². The molecule has 1 aromatic rings. The molecule has 1 atom stereocenters. The second-order valence-corrected chi connectivity index (χ2v) is 3.59. The lowest BCUT2D eigenvalue weighted by Gasteiger charge is -2.11. The molecule has 2 rings (SSSR count). The van der Waals surface area contributed by atoms with Crippen molar-refractivity contribution >= 4 is 12.0 Å². The van der Waals surface area contributed by atoms with Gasteiger partial charge in [-0.1, -0.05) is 12.1 Å². The van der Waals surface area contributed by atoms with E-state index in [1.54, 1.807) is 24.3 Å². The van der Waals surface area contributed by atoms with Crippen LogP contribution in [0, 0.1) is 0 Å². The van der Waals surface area contributed by atoms with E-state index in [0.717, 1.165) is 0 Å². The van der Waals surface area contributed by atoms with Crippen LogP contribution >= 0.6 is 0 Å². The van der Waals surface area contributed by atoms with Crippen molar-refractivity contribution < 1.29 is 18.3 Å². The molecular formula is C12H11F2O3+. The van der Waals surface area contributed by atoms with Gasteiger partial charge in [0.05, 0.1) is 11.8 Å². The summed E-state index contributed by atoms with van der Waals surface area (Å²) in [5, 5.41) is 0.557. The Morgan fingerprint density at radius 1 is 1.47 bits per heavy atom.